The van der Waals surface area contributed by atoms with Crippen molar-refractivity contribution in [2.45, 2.75) is 32.6 Å². The maximum atomic E-state index is 10.8. The zero-order chi connectivity index (χ0) is 11.7. The van der Waals surface area contributed by atoms with Crippen molar-refractivity contribution in [3.8, 4) is 0 Å². The van der Waals surface area contributed by atoms with Crippen LogP contribution in [0.5, 0.6) is 0 Å². The molecule has 3 nitrogen and oxygen atoms in total. The van der Waals surface area contributed by atoms with Gasteiger partial charge in [-0.2, -0.15) is 0 Å². The first kappa shape index (κ1) is 11.0. The predicted molar refractivity (Wildman–Crippen MR) is 64.0 cm³/mol. The van der Waals surface area contributed by atoms with E-state index in [0.717, 1.165) is 18.7 Å². The van der Waals surface area contributed by atoms with Crippen molar-refractivity contribution in [2.75, 3.05) is 11.9 Å². The molecule has 3 heteroatoms. The van der Waals surface area contributed by atoms with E-state index in [1.165, 1.54) is 16.7 Å². The minimum atomic E-state index is -0.711. The summed E-state index contributed by atoms with van der Waals surface area (Å²) in [5, 5.41) is 12.3. The van der Waals surface area contributed by atoms with Crippen LogP contribution in [0.25, 0.3) is 0 Å². The molecule has 1 aromatic rings. The van der Waals surface area contributed by atoms with Gasteiger partial charge in [0.1, 0.15) is 0 Å². The molecule has 0 fully saturated rings. The maximum Gasteiger partial charge on any atom is 0.303 e. The molecule has 16 heavy (non-hydrogen) atoms. The summed E-state index contributed by atoms with van der Waals surface area (Å²) in [4.78, 5) is 10.8. The molecular formula is C13H17NO2. The zero-order valence-corrected chi connectivity index (χ0v) is 9.71. The highest BCUT2D eigenvalue weighted by molar-refractivity contribution is 5.70. The quantitative estimate of drug-likeness (QED) is 0.804. The number of aryl methyl sites for hydroxylation is 2. The van der Waals surface area contributed by atoms with Crippen LogP contribution in [-0.2, 0) is 4.79 Å². The summed E-state index contributed by atoms with van der Waals surface area (Å²) in [5.74, 6) is -0.552. The van der Waals surface area contributed by atoms with E-state index >= 15 is 0 Å². The maximum absolute atomic E-state index is 10.8. The molecule has 0 aliphatic carbocycles. The van der Waals surface area contributed by atoms with Crippen LogP contribution in [0.3, 0.4) is 0 Å². The Morgan fingerprint density at radius 1 is 1.50 bits per heavy atom. The van der Waals surface area contributed by atoms with Crippen molar-refractivity contribution in [1.82, 2.24) is 0 Å². The van der Waals surface area contributed by atoms with Crippen molar-refractivity contribution >= 4 is 11.7 Å². The van der Waals surface area contributed by atoms with Crippen LogP contribution in [-0.4, -0.2) is 17.6 Å². The molecular weight excluding hydrogens is 202 g/mol. The number of hydrogen-bond acceptors (Lipinski definition) is 2. The first-order valence-electron chi connectivity index (χ1n) is 5.64. The van der Waals surface area contributed by atoms with E-state index < -0.39 is 5.97 Å². The molecule has 2 N–H and O–H groups in total. The number of fused-ring (bicyclic) bond motifs is 1. The number of carboxylic acid groups (broad SMARTS) is 1. The molecule has 1 aromatic carbocycles. The summed E-state index contributed by atoms with van der Waals surface area (Å²) in [7, 11) is 0. The van der Waals surface area contributed by atoms with Crippen molar-refractivity contribution in [1.29, 1.82) is 0 Å². The molecule has 0 spiro atoms. The van der Waals surface area contributed by atoms with E-state index in [2.05, 4.69) is 31.3 Å². The largest absolute Gasteiger partial charge is 0.481 e. The van der Waals surface area contributed by atoms with Gasteiger partial charge in [-0.1, -0.05) is 17.7 Å². The third-order valence-electron chi connectivity index (χ3n) is 3.17. The van der Waals surface area contributed by atoms with Crippen LogP contribution < -0.4 is 5.32 Å². The summed E-state index contributed by atoms with van der Waals surface area (Å²) >= 11 is 0. The van der Waals surface area contributed by atoms with E-state index in [4.69, 9.17) is 5.11 Å². The van der Waals surface area contributed by atoms with Crippen LogP contribution in [0.15, 0.2) is 12.1 Å². The number of rotatable bonds is 2. The Labute approximate surface area is 95.5 Å². The average molecular weight is 219 g/mol. The lowest BCUT2D eigenvalue weighted by Gasteiger charge is -2.27. The van der Waals surface area contributed by atoms with Gasteiger partial charge >= 0.3 is 5.97 Å². The number of aliphatic carboxylic acids is 1. The molecule has 1 heterocycles. The average Bonchev–Trinajstić information content (AvgIpc) is 2.18. The number of carboxylic acids is 1. The molecule has 0 radical (unpaired) electrons. The smallest absolute Gasteiger partial charge is 0.303 e. The van der Waals surface area contributed by atoms with E-state index in [-0.39, 0.29) is 12.3 Å². The molecule has 1 aliphatic heterocycles. The van der Waals surface area contributed by atoms with Crippen LogP contribution in [0.4, 0.5) is 5.69 Å². The van der Waals surface area contributed by atoms with Crippen molar-refractivity contribution in [3.63, 3.8) is 0 Å². The fraction of sp³-hybridized carbons (Fsp3) is 0.462. The molecule has 0 saturated carbocycles. The minimum Gasteiger partial charge on any atom is -0.481 e. The molecule has 0 amide bonds. The SMILES string of the molecule is Cc1cc(C)c2c(c1)C(CC(=O)O)CCN2. The Morgan fingerprint density at radius 3 is 2.94 bits per heavy atom. The monoisotopic (exact) mass is 219 g/mol. The van der Waals surface area contributed by atoms with E-state index in [1.54, 1.807) is 0 Å². The van der Waals surface area contributed by atoms with Crippen LogP contribution in [0, 0.1) is 13.8 Å². The molecule has 0 bridgehead atoms. The highest BCUT2D eigenvalue weighted by Crippen LogP contribution is 2.36. The minimum absolute atomic E-state index is 0.160. The lowest BCUT2D eigenvalue weighted by atomic mass is 9.86. The Morgan fingerprint density at radius 2 is 2.25 bits per heavy atom. The van der Waals surface area contributed by atoms with Crippen molar-refractivity contribution in [3.05, 3.63) is 28.8 Å². The Hall–Kier alpha value is -1.51. The summed E-state index contributed by atoms with van der Waals surface area (Å²) in [6.45, 7) is 5.00. The Kier molecular flexibility index (Phi) is 2.86. The Balaban J connectivity index is 2.41. The molecule has 2 rings (SSSR count). The highest BCUT2D eigenvalue weighted by Gasteiger charge is 2.23. The molecule has 1 aliphatic rings. The van der Waals surface area contributed by atoms with Gasteiger partial charge in [-0.15, -0.1) is 0 Å². The highest BCUT2D eigenvalue weighted by atomic mass is 16.4. The molecule has 1 unspecified atom stereocenters. The third kappa shape index (κ3) is 2.03. The molecule has 0 aromatic heterocycles. The summed E-state index contributed by atoms with van der Waals surface area (Å²) in [6.07, 6.45) is 1.14. The number of carbonyl (C=O) groups is 1. The lowest BCUT2D eigenvalue weighted by Crippen LogP contribution is -2.20. The van der Waals surface area contributed by atoms with E-state index in [9.17, 15) is 4.79 Å². The lowest BCUT2D eigenvalue weighted by molar-refractivity contribution is -0.137. The second-order valence-electron chi connectivity index (χ2n) is 4.56. The fourth-order valence-corrected chi connectivity index (χ4v) is 2.51. The topological polar surface area (TPSA) is 49.3 Å². The standard InChI is InChI=1S/C13H17NO2/c1-8-5-9(2)13-11(6-8)10(3-4-14-13)7-12(15)16/h5-6,10,14H,3-4,7H2,1-2H3,(H,15,16). The third-order valence-corrected chi connectivity index (χ3v) is 3.17. The van der Waals surface area contributed by atoms with Gasteiger partial charge < -0.3 is 10.4 Å². The molecule has 0 saturated heterocycles. The van der Waals surface area contributed by atoms with Crippen LogP contribution in [0.2, 0.25) is 0 Å². The Bertz CT molecular complexity index is 426. The normalized spacial score (nSPS) is 18.8. The van der Waals surface area contributed by atoms with Gasteiger partial charge in [0, 0.05) is 12.2 Å². The van der Waals surface area contributed by atoms with Gasteiger partial charge in [0.05, 0.1) is 6.42 Å². The summed E-state index contributed by atoms with van der Waals surface area (Å²) in [6, 6.07) is 4.25. The van der Waals surface area contributed by atoms with E-state index in [1.807, 2.05) is 0 Å². The van der Waals surface area contributed by atoms with Gasteiger partial charge in [0.15, 0.2) is 0 Å². The first-order chi connectivity index (χ1) is 7.58. The van der Waals surface area contributed by atoms with Gasteiger partial charge in [-0.25, -0.2) is 0 Å². The second-order valence-corrected chi connectivity index (χ2v) is 4.56. The van der Waals surface area contributed by atoms with Gasteiger partial charge in [-0.3, -0.25) is 4.79 Å². The predicted octanol–water partition coefficient (Wildman–Crippen LogP) is 2.68. The number of anilines is 1. The summed E-state index contributed by atoms with van der Waals surface area (Å²) < 4.78 is 0. The second kappa shape index (κ2) is 4.16. The number of hydrogen-bond donors (Lipinski definition) is 2. The van der Waals surface area contributed by atoms with E-state index in [0.29, 0.717) is 0 Å². The van der Waals surface area contributed by atoms with Gasteiger partial charge in [0.2, 0.25) is 0 Å². The van der Waals surface area contributed by atoms with Gasteiger partial charge in [0.25, 0.3) is 0 Å². The fourth-order valence-electron chi connectivity index (χ4n) is 2.51. The number of benzene rings is 1. The summed E-state index contributed by atoms with van der Waals surface area (Å²) in [5.41, 5.74) is 4.73. The molecule has 86 valence electrons. The zero-order valence-electron chi connectivity index (χ0n) is 9.71. The number of nitrogens with one attached hydrogen (secondary N) is 1. The van der Waals surface area contributed by atoms with Crippen molar-refractivity contribution < 1.29 is 9.90 Å². The molecule has 1 atom stereocenters. The van der Waals surface area contributed by atoms with Crippen molar-refractivity contribution in [2.24, 2.45) is 0 Å². The van der Waals surface area contributed by atoms with Crippen LogP contribution >= 0.6 is 0 Å². The first-order valence-corrected chi connectivity index (χ1v) is 5.64. The van der Waals surface area contributed by atoms with Gasteiger partial charge in [-0.05, 0) is 37.3 Å². The van der Waals surface area contributed by atoms with Crippen LogP contribution in [0.1, 0.15) is 35.4 Å².